The molecule has 0 radical (unpaired) electrons. The zero-order chi connectivity index (χ0) is 8.27. The van der Waals surface area contributed by atoms with Gasteiger partial charge in [0.15, 0.2) is 0 Å². The maximum Gasteiger partial charge on any atom is 0.259 e. The summed E-state index contributed by atoms with van der Waals surface area (Å²) < 4.78 is 2.49. The standard InChI is InChI=1S/C7H7IN2O/c8-10-7(11)5-1-3-6(9)4-2-5/h1-4H,9H2,(H,10,11). The Morgan fingerprint density at radius 2 is 1.91 bits per heavy atom. The summed E-state index contributed by atoms with van der Waals surface area (Å²) >= 11 is 1.79. The molecular formula is C7H7IN2O. The number of hydrogen-bond acceptors (Lipinski definition) is 2. The lowest BCUT2D eigenvalue weighted by atomic mass is 10.2. The summed E-state index contributed by atoms with van der Waals surface area (Å²) in [6.07, 6.45) is 0. The molecule has 0 spiro atoms. The van der Waals surface area contributed by atoms with Gasteiger partial charge in [-0.05, 0) is 24.3 Å². The van der Waals surface area contributed by atoms with E-state index in [1.807, 2.05) is 0 Å². The Labute approximate surface area is 78.5 Å². The van der Waals surface area contributed by atoms with Gasteiger partial charge in [-0.1, -0.05) is 0 Å². The first-order valence-corrected chi connectivity index (χ1v) is 4.08. The molecule has 1 rings (SSSR count). The van der Waals surface area contributed by atoms with Crippen molar-refractivity contribution in [3.63, 3.8) is 0 Å². The van der Waals surface area contributed by atoms with Crippen LogP contribution in [0.25, 0.3) is 0 Å². The van der Waals surface area contributed by atoms with E-state index in [1.165, 1.54) is 0 Å². The molecule has 0 unspecified atom stereocenters. The number of rotatable bonds is 1. The highest BCUT2D eigenvalue weighted by atomic mass is 127. The minimum absolute atomic E-state index is 0.106. The number of amides is 1. The van der Waals surface area contributed by atoms with Crippen molar-refractivity contribution in [3.8, 4) is 0 Å². The molecule has 0 saturated carbocycles. The lowest BCUT2D eigenvalue weighted by molar-refractivity contribution is 0.0989. The van der Waals surface area contributed by atoms with Crippen LogP contribution < -0.4 is 9.26 Å². The summed E-state index contributed by atoms with van der Waals surface area (Å²) in [4.78, 5) is 11.0. The normalized spacial score (nSPS) is 9.18. The molecule has 0 bridgehead atoms. The number of nitrogens with one attached hydrogen (secondary N) is 1. The molecule has 0 saturated heterocycles. The molecule has 3 nitrogen and oxygen atoms in total. The SMILES string of the molecule is Nc1ccc(C(=O)NI)cc1. The first-order valence-electron chi connectivity index (χ1n) is 3.00. The first-order chi connectivity index (χ1) is 5.24. The Morgan fingerprint density at radius 1 is 1.36 bits per heavy atom. The fourth-order valence-electron chi connectivity index (χ4n) is 0.689. The average Bonchev–Trinajstić information content (AvgIpc) is 2.05. The third kappa shape index (κ3) is 2.07. The van der Waals surface area contributed by atoms with E-state index >= 15 is 0 Å². The van der Waals surface area contributed by atoms with Gasteiger partial charge in [0.2, 0.25) is 0 Å². The summed E-state index contributed by atoms with van der Waals surface area (Å²) in [5.41, 5.74) is 6.72. The van der Waals surface area contributed by atoms with Crippen LogP contribution >= 0.6 is 22.9 Å². The van der Waals surface area contributed by atoms with E-state index in [9.17, 15) is 4.79 Å². The molecule has 1 amide bonds. The highest BCUT2D eigenvalue weighted by molar-refractivity contribution is 14.1. The number of benzene rings is 1. The fraction of sp³-hybridized carbons (Fsp3) is 0. The van der Waals surface area contributed by atoms with Crippen molar-refractivity contribution in [1.29, 1.82) is 0 Å². The molecule has 0 aliphatic heterocycles. The number of carbonyl (C=O) groups excluding carboxylic acids is 1. The second-order valence-corrected chi connectivity index (χ2v) is 2.58. The van der Waals surface area contributed by atoms with Gasteiger partial charge in [0.1, 0.15) is 0 Å². The van der Waals surface area contributed by atoms with Gasteiger partial charge in [-0.2, -0.15) is 0 Å². The second kappa shape index (κ2) is 3.56. The van der Waals surface area contributed by atoms with Crippen LogP contribution in [0.15, 0.2) is 24.3 Å². The number of anilines is 1. The smallest absolute Gasteiger partial charge is 0.259 e. The van der Waals surface area contributed by atoms with E-state index in [0.717, 1.165) is 0 Å². The summed E-state index contributed by atoms with van der Waals surface area (Å²) in [6, 6.07) is 6.76. The molecule has 0 fully saturated rings. The molecule has 1 aromatic rings. The molecular weight excluding hydrogens is 255 g/mol. The minimum atomic E-state index is -0.106. The Morgan fingerprint density at radius 3 is 2.36 bits per heavy atom. The Bertz CT molecular complexity index is 258. The van der Waals surface area contributed by atoms with Crippen LogP contribution in [0.5, 0.6) is 0 Å². The number of nitrogen functional groups attached to an aromatic ring is 1. The fourth-order valence-corrected chi connectivity index (χ4v) is 1.00. The quantitative estimate of drug-likeness (QED) is 0.456. The van der Waals surface area contributed by atoms with Crippen molar-refractivity contribution in [2.24, 2.45) is 0 Å². The van der Waals surface area contributed by atoms with Crippen molar-refractivity contribution in [3.05, 3.63) is 29.8 Å². The van der Waals surface area contributed by atoms with E-state index < -0.39 is 0 Å². The molecule has 0 atom stereocenters. The molecule has 4 heteroatoms. The van der Waals surface area contributed by atoms with Crippen LogP contribution in [-0.2, 0) is 0 Å². The van der Waals surface area contributed by atoms with E-state index in [-0.39, 0.29) is 5.91 Å². The Kier molecular flexibility index (Phi) is 2.70. The molecule has 11 heavy (non-hydrogen) atoms. The van der Waals surface area contributed by atoms with Crippen LogP contribution in [0, 0.1) is 0 Å². The van der Waals surface area contributed by atoms with Gasteiger partial charge in [0.25, 0.3) is 5.91 Å². The maximum absolute atomic E-state index is 11.0. The molecule has 1 aromatic carbocycles. The van der Waals surface area contributed by atoms with Crippen molar-refractivity contribution in [1.82, 2.24) is 3.53 Å². The third-order valence-electron chi connectivity index (χ3n) is 1.26. The van der Waals surface area contributed by atoms with Gasteiger partial charge in [-0.3, -0.25) is 8.32 Å². The van der Waals surface area contributed by atoms with Gasteiger partial charge in [-0.15, -0.1) is 0 Å². The Balaban J connectivity index is 2.90. The number of halogens is 1. The van der Waals surface area contributed by atoms with Crippen LogP contribution in [0.1, 0.15) is 10.4 Å². The van der Waals surface area contributed by atoms with Gasteiger partial charge < -0.3 is 5.73 Å². The van der Waals surface area contributed by atoms with Gasteiger partial charge >= 0.3 is 0 Å². The zero-order valence-corrected chi connectivity index (χ0v) is 7.83. The summed E-state index contributed by atoms with van der Waals surface area (Å²) in [7, 11) is 0. The largest absolute Gasteiger partial charge is 0.399 e. The van der Waals surface area contributed by atoms with Gasteiger partial charge in [0, 0.05) is 11.3 Å². The Hall–Kier alpha value is -0.780. The number of carbonyl (C=O) groups is 1. The van der Waals surface area contributed by atoms with Crippen molar-refractivity contribution in [2.45, 2.75) is 0 Å². The van der Waals surface area contributed by atoms with Crippen molar-refractivity contribution < 1.29 is 4.79 Å². The predicted octanol–water partition coefficient (Wildman–Crippen LogP) is 1.35. The number of hydrogen-bond donors (Lipinski definition) is 2. The van der Waals surface area contributed by atoms with Gasteiger partial charge in [-0.25, -0.2) is 0 Å². The van der Waals surface area contributed by atoms with Crippen LogP contribution in [0.3, 0.4) is 0 Å². The van der Waals surface area contributed by atoms with Crippen LogP contribution in [-0.4, -0.2) is 5.91 Å². The zero-order valence-electron chi connectivity index (χ0n) is 5.67. The topological polar surface area (TPSA) is 55.1 Å². The molecule has 0 heterocycles. The van der Waals surface area contributed by atoms with Crippen LogP contribution in [0.4, 0.5) is 5.69 Å². The van der Waals surface area contributed by atoms with Gasteiger partial charge in [0.05, 0.1) is 22.9 Å². The summed E-state index contributed by atoms with van der Waals surface area (Å²) in [5.74, 6) is -0.106. The lowest BCUT2D eigenvalue weighted by Crippen LogP contribution is -2.11. The first kappa shape index (κ1) is 8.32. The van der Waals surface area contributed by atoms with Crippen LogP contribution in [0.2, 0.25) is 0 Å². The number of nitrogens with two attached hydrogens (primary N) is 1. The molecule has 0 aromatic heterocycles. The van der Waals surface area contributed by atoms with Crippen molar-refractivity contribution >= 4 is 34.5 Å². The average molecular weight is 262 g/mol. The highest BCUT2D eigenvalue weighted by Crippen LogP contribution is 2.05. The van der Waals surface area contributed by atoms with E-state index in [4.69, 9.17) is 5.73 Å². The molecule has 3 N–H and O–H groups in total. The second-order valence-electron chi connectivity index (χ2n) is 2.05. The monoisotopic (exact) mass is 262 g/mol. The molecule has 0 aliphatic carbocycles. The maximum atomic E-state index is 11.0. The third-order valence-corrected chi connectivity index (χ3v) is 1.75. The highest BCUT2D eigenvalue weighted by Gasteiger charge is 2.00. The lowest BCUT2D eigenvalue weighted by Gasteiger charge is -1.97. The molecule has 58 valence electrons. The van der Waals surface area contributed by atoms with E-state index in [1.54, 1.807) is 47.1 Å². The van der Waals surface area contributed by atoms with E-state index in [0.29, 0.717) is 11.3 Å². The summed E-state index contributed by atoms with van der Waals surface area (Å²) in [5, 5.41) is 0. The minimum Gasteiger partial charge on any atom is -0.399 e. The summed E-state index contributed by atoms with van der Waals surface area (Å²) in [6.45, 7) is 0. The van der Waals surface area contributed by atoms with Crippen molar-refractivity contribution in [2.75, 3.05) is 5.73 Å². The molecule has 0 aliphatic rings. The predicted molar refractivity (Wildman–Crippen MR) is 52.3 cm³/mol. The van der Waals surface area contributed by atoms with E-state index in [2.05, 4.69) is 3.53 Å².